The number of aliphatic hydroxyl groups excluding tert-OH is 1. The zero-order chi connectivity index (χ0) is 14.7. The number of hydrogen-bond donors (Lipinski definition) is 1. The van der Waals surface area contributed by atoms with Crippen molar-refractivity contribution in [2.24, 2.45) is 0 Å². The number of para-hydroxylation sites is 1. The van der Waals surface area contributed by atoms with E-state index in [1.54, 1.807) is 0 Å². The second-order valence-electron chi connectivity index (χ2n) is 6.18. The first-order valence-corrected chi connectivity index (χ1v) is 8.22. The summed E-state index contributed by atoms with van der Waals surface area (Å²) in [6.07, 6.45) is 0.905. The normalized spacial score (nSPS) is 28.8. The third kappa shape index (κ3) is 3.39. The zero-order valence-electron chi connectivity index (χ0n) is 13.0. The number of nitrogens with zero attached hydrogens (tertiary/aromatic N) is 3. The van der Waals surface area contributed by atoms with E-state index in [0.717, 1.165) is 52.2 Å². The lowest BCUT2D eigenvalue weighted by molar-refractivity contribution is -0.0133. The summed E-state index contributed by atoms with van der Waals surface area (Å²) in [6.45, 7) is 9.41. The minimum absolute atomic E-state index is 0.193. The molecule has 0 amide bonds. The molecule has 2 aliphatic heterocycles. The predicted molar refractivity (Wildman–Crippen MR) is 86.8 cm³/mol. The van der Waals surface area contributed by atoms with Crippen LogP contribution in [0, 0.1) is 0 Å². The van der Waals surface area contributed by atoms with Gasteiger partial charge in [0.25, 0.3) is 0 Å². The van der Waals surface area contributed by atoms with Gasteiger partial charge in [-0.3, -0.25) is 4.90 Å². The van der Waals surface area contributed by atoms with Crippen molar-refractivity contribution in [2.45, 2.75) is 25.5 Å². The van der Waals surface area contributed by atoms with Crippen LogP contribution in [-0.2, 0) is 0 Å². The van der Waals surface area contributed by atoms with Gasteiger partial charge in [0.05, 0.1) is 6.10 Å². The Morgan fingerprint density at radius 2 is 1.76 bits per heavy atom. The molecule has 0 spiro atoms. The molecular weight excluding hydrogens is 262 g/mol. The third-order valence-corrected chi connectivity index (χ3v) is 4.98. The van der Waals surface area contributed by atoms with E-state index < -0.39 is 0 Å². The fourth-order valence-electron chi connectivity index (χ4n) is 3.65. The first-order valence-electron chi connectivity index (χ1n) is 8.22. The van der Waals surface area contributed by atoms with Crippen LogP contribution in [0.3, 0.4) is 0 Å². The monoisotopic (exact) mass is 289 g/mol. The molecule has 0 bridgehead atoms. The van der Waals surface area contributed by atoms with Crippen LogP contribution in [0.4, 0.5) is 5.69 Å². The summed E-state index contributed by atoms with van der Waals surface area (Å²) in [5, 5.41) is 10.4. The maximum atomic E-state index is 10.4. The quantitative estimate of drug-likeness (QED) is 0.907. The highest BCUT2D eigenvalue weighted by atomic mass is 16.3. The fraction of sp³-hybridized carbons (Fsp3) is 0.647. The molecule has 0 aromatic heterocycles. The molecule has 2 aliphatic rings. The molecule has 1 aromatic rings. The molecule has 2 saturated heterocycles. The Hall–Kier alpha value is -1.10. The molecule has 2 atom stereocenters. The first kappa shape index (κ1) is 14.8. The number of anilines is 1. The van der Waals surface area contributed by atoms with Gasteiger partial charge in [0.15, 0.2) is 0 Å². The molecule has 116 valence electrons. The number of benzene rings is 1. The molecule has 4 nitrogen and oxygen atoms in total. The number of hydrogen-bond acceptors (Lipinski definition) is 4. The van der Waals surface area contributed by atoms with E-state index in [1.807, 2.05) is 0 Å². The number of aliphatic hydroxyl groups is 1. The highest BCUT2D eigenvalue weighted by Gasteiger charge is 2.33. The van der Waals surface area contributed by atoms with Crippen molar-refractivity contribution in [3.8, 4) is 0 Å². The minimum atomic E-state index is -0.193. The van der Waals surface area contributed by atoms with Crippen molar-refractivity contribution in [1.82, 2.24) is 9.80 Å². The third-order valence-electron chi connectivity index (χ3n) is 4.98. The largest absolute Gasteiger partial charge is 0.390 e. The van der Waals surface area contributed by atoms with Gasteiger partial charge in [0, 0.05) is 44.5 Å². The molecule has 2 fully saturated rings. The maximum Gasteiger partial charge on any atom is 0.0822 e. The van der Waals surface area contributed by atoms with Crippen molar-refractivity contribution in [2.75, 3.05) is 50.7 Å². The topological polar surface area (TPSA) is 30.0 Å². The van der Waals surface area contributed by atoms with Crippen molar-refractivity contribution in [3.63, 3.8) is 0 Å². The van der Waals surface area contributed by atoms with Crippen LogP contribution in [0.25, 0.3) is 0 Å². The number of likely N-dealkylation sites (N-methyl/N-ethyl adjacent to an activating group) is 1. The summed E-state index contributed by atoms with van der Waals surface area (Å²) >= 11 is 0. The summed E-state index contributed by atoms with van der Waals surface area (Å²) < 4.78 is 0. The smallest absolute Gasteiger partial charge is 0.0822 e. The molecule has 0 saturated carbocycles. The Bertz CT molecular complexity index is 431. The Morgan fingerprint density at radius 1 is 1.05 bits per heavy atom. The lowest BCUT2D eigenvalue weighted by Gasteiger charge is -2.45. The van der Waals surface area contributed by atoms with E-state index in [2.05, 4.69) is 52.0 Å². The van der Waals surface area contributed by atoms with E-state index >= 15 is 0 Å². The van der Waals surface area contributed by atoms with Crippen LogP contribution < -0.4 is 4.90 Å². The van der Waals surface area contributed by atoms with E-state index in [1.165, 1.54) is 5.69 Å². The van der Waals surface area contributed by atoms with Crippen molar-refractivity contribution in [1.29, 1.82) is 0 Å². The van der Waals surface area contributed by atoms with Gasteiger partial charge < -0.3 is 14.9 Å². The average Bonchev–Trinajstić information content (AvgIpc) is 2.56. The van der Waals surface area contributed by atoms with Crippen molar-refractivity contribution >= 4 is 5.69 Å². The highest BCUT2D eigenvalue weighted by Crippen LogP contribution is 2.21. The van der Waals surface area contributed by atoms with Gasteiger partial charge in [0.2, 0.25) is 0 Å². The van der Waals surface area contributed by atoms with E-state index in [-0.39, 0.29) is 6.10 Å². The Morgan fingerprint density at radius 3 is 2.38 bits per heavy atom. The summed E-state index contributed by atoms with van der Waals surface area (Å²) in [5.41, 5.74) is 1.32. The summed E-state index contributed by atoms with van der Waals surface area (Å²) in [7, 11) is 0. The summed E-state index contributed by atoms with van der Waals surface area (Å²) in [6, 6.07) is 11.0. The van der Waals surface area contributed by atoms with Crippen LogP contribution in [0.2, 0.25) is 0 Å². The number of piperazine rings is 1. The van der Waals surface area contributed by atoms with Gasteiger partial charge in [0.1, 0.15) is 0 Å². The van der Waals surface area contributed by atoms with Gasteiger partial charge in [-0.05, 0) is 31.6 Å². The van der Waals surface area contributed by atoms with Crippen LogP contribution in [0.15, 0.2) is 30.3 Å². The predicted octanol–water partition coefficient (Wildman–Crippen LogP) is 1.26. The molecular formula is C17H27N3O. The van der Waals surface area contributed by atoms with Gasteiger partial charge in [-0.15, -0.1) is 0 Å². The molecule has 2 heterocycles. The fourth-order valence-corrected chi connectivity index (χ4v) is 3.65. The van der Waals surface area contributed by atoms with E-state index in [9.17, 15) is 5.11 Å². The molecule has 21 heavy (non-hydrogen) atoms. The molecule has 0 radical (unpaired) electrons. The lowest BCUT2D eigenvalue weighted by Crippen LogP contribution is -2.58. The maximum absolute atomic E-state index is 10.4. The number of β-amino-alcohol motifs (C(OH)–C–C–N with tert-alkyl or cyclic N) is 1. The molecule has 2 unspecified atom stereocenters. The minimum Gasteiger partial charge on any atom is -0.390 e. The molecule has 4 heteroatoms. The Balaban J connectivity index is 1.54. The second kappa shape index (κ2) is 6.77. The van der Waals surface area contributed by atoms with E-state index in [4.69, 9.17) is 0 Å². The standard InChI is InChI=1S/C17H27N3O/c1-2-18-9-8-16(17(21)14-18)20-12-10-19(11-13-20)15-6-4-3-5-7-15/h3-7,16-17,21H,2,8-14H2,1H3. The summed E-state index contributed by atoms with van der Waals surface area (Å²) in [5.74, 6) is 0. The van der Waals surface area contributed by atoms with Gasteiger partial charge in [-0.2, -0.15) is 0 Å². The zero-order valence-corrected chi connectivity index (χ0v) is 13.0. The van der Waals surface area contributed by atoms with Crippen LogP contribution in [-0.4, -0.2) is 72.9 Å². The Labute approximate surface area is 128 Å². The molecule has 3 rings (SSSR count). The van der Waals surface area contributed by atoms with Crippen LogP contribution in [0.1, 0.15) is 13.3 Å². The van der Waals surface area contributed by atoms with E-state index in [0.29, 0.717) is 6.04 Å². The van der Waals surface area contributed by atoms with Crippen LogP contribution >= 0.6 is 0 Å². The number of likely N-dealkylation sites (tertiary alicyclic amines) is 1. The summed E-state index contributed by atoms with van der Waals surface area (Å²) in [4.78, 5) is 7.29. The molecule has 1 N–H and O–H groups in total. The molecule has 1 aromatic carbocycles. The van der Waals surface area contributed by atoms with Gasteiger partial charge in [-0.25, -0.2) is 0 Å². The highest BCUT2D eigenvalue weighted by molar-refractivity contribution is 5.46. The number of piperidine rings is 1. The van der Waals surface area contributed by atoms with Crippen LogP contribution in [0.5, 0.6) is 0 Å². The lowest BCUT2D eigenvalue weighted by atomic mass is 9.99. The number of rotatable bonds is 3. The van der Waals surface area contributed by atoms with Gasteiger partial charge in [-0.1, -0.05) is 25.1 Å². The average molecular weight is 289 g/mol. The SMILES string of the molecule is CCN1CCC(N2CCN(c3ccccc3)CC2)C(O)C1. The molecule has 0 aliphatic carbocycles. The Kier molecular flexibility index (Phi) is 4.78. The second-order valence-corrected chi connectivity index (χ2v) is 6.18. The van der Waals surface area contributed by atoms with Crippen molar-refractivity contribution in [3.05, 3.63) is 30.3 Å². The first-order chi connectivity index (χ1) is 10.3. The van der Waals surface area contributed by atoms with Crippen molar-refractivity contribution < 1.29 is 5.11 Å². The van der Waals surface area contributed by atoms with Gasteiger partial charge >= 0.3 is 0 Å².